The van der Waals surface area contributed by atoms with Gasteiger partial charge in [-0.2, -0.15) is 0 Å². The van der Waals surface area contributed by atoms with Gasteiger partial charge in [0.15, 0.2) is 0 Å². The molecule has 0 atom stereocenters. The summed E-state index contributed by atoms with van der Waals surface area (Å²) in [6.45, 7) is -0.549. The molecule has 0 aromatic carbocycles. The summed E-state index contributed by atoms with van der Waals surface area (Å²) in [4.78, 5) is 50.8. The van der Waals surface area contributed by atoms with E-state index < -0.39 is 48.6 Å². The summed E-state index contributed by atoms with van der Waals surface area (Å²) in [7, 11) is 1.47. The Morgan fingerprint density at radius 2 is 1.90 bits per heavy atom. The highest BCUT2D eigenvalue weighted by Gasteiger charge is 2.55. The van der Waals surface area contributed by atoms with Crippen molar-refractivity contribution in [2.45, 2.75) is 37.1 Å². The molecule has 2 aliphatic rings. The molecule has 1 saturated heterocycles. The topological polar surface area (TPSA) is 114 Å². The Morgan fingerprint density at radius 3 is 2.55 bits per heavy atom. The third kappa shape index (κ3) is 3.82. The lowest BCUT2D eigenvalue weighted by atomic mass is 9.80. The molecule has 2 aromatic heterocycles. The summed E-state index contributed by atoms with van der Waals surface area (Å²) in [5, 5.41) is 2.50. The molecule has 31 heavy (non-hydrogen) atoms. The van der Waals surface area contributed by atoms with E-state index in [2.05, 4.69) is 20.3 Å². The van der Waals surface area contributed by atoms with Gasteiger partial charge in [-0.1, -0.05) is 0 Å². The maximum Gasteiger partial charge on any atom is 0.325 e. The Balaban J connectivity index is 1.47. The molecule has 2 aromatic rings. The van der Waals surface area contributed by atoms with Gasteiger partial charge < -0.3 is 10.1 Å². The summed E-state index contributed by atoms with van der Waals surface area (Å²) in [6.07, 6.45) is 2.83. The number of hydrogen-bond acceptors (Lipinski definition) is 7. The number of urea groups is 1. The summed E-state index contributed by atoms with van der Waals surface area (Å²) in [5.74, 6) is -3.77. The number of nitrogens with zero attached hydrogens (tertiary/aromatic N) is 4. The molecule has 2 fully saturated rings. The molecule has 9 nitrogen and oxygen atoms in total. The number of halogens is 2. The number of amides is 3. The Bertz CT molecular complexity index is 1030. The zero-order valence-electron chi connectivity index (χ0n) is 16.6. The van der Waals surface area contributed by atoms with E-state index in [4.69, 9.17) is 4.74 Å². The number of Topliss-reactive ketones (excluding diaryl/α,β-unsaturated/α-hetero) is 1. The molecule has 1 aliphatic carbocycles. The predicted molar refractivity (Wildman–Crippen MR) is 103 cm³/mol. The van der Waals surface area contributed by atoms with Crippen LogP contribution in [-0.4, -0.2) is 62.7 Å². The number of methoxy groups -OCH3 is 1. The minimum absolute atomic E-state index is 0.0386. The van der Waals surface area contributed by atoms with Gasteiger partial charge in [0.1, 0.15) is 11.2 Å². The first-order valence-electron chi connectivity index (χ1n) is 9.61. The van der Waals surface area contributed by atoms with Crippen LogP contribution in [0.25, 0.3) is 11.3 Å². The molecule has 1 spiro atoms. The van der Waals surface area contributed by atoms with Crippen molar-refractivity contribution in [3.8, 4) is 17.1 Å². The molecule has 11 heteroatoms. The molecule has 1 aliphatic heterocycles. The van der Waals surface area contributed by atoms with Crippen molar-refractivity contribution in [3.63, 3.8) is 0 Å². The normalized spacial score (nSPS) is 19.4. The molecule has 3 heterocycles. The van der Waals surface area contributed by atoms with E-state index in [1.807, 2.05) is 0 Å². The van der Waals surface area contributed by atoms with Crippen LogP contribution in [0, 0.1) is 0 Å². The summed E-state index contributed by atoms with van der Waals surface area (Å²) < 4.78 is 32.1. The Hall–Kier alpha value is -3.50. The number of rotatable bonds is 5. The van der Waals surface area contributed by atoms with Crippen LogP contribution in [0.3, 0.4) is 0 Å². The number of alkyl halides is 2. The van der Waals surface area contributed by atoms with Crippen LogP contribution in [-0.2, 0) is 4.79 Å². The standard InChI is InChI=1S/C20H19F2N5O4/c1-31-16-12(3-2-8-23-16)13-9-25-14(10-24-13)15(28)11-27-17(29)19(26-18(27)30)4-6-20(21,22)7-5-19/h2-3,8-10H,4-7,11H2,1H3,(H,26,30). The van der Waals surface area contributed by atoms with E-state index in [1.54, 1.807) is 18.3 Å². The van der Waals surface area contributed by atoms with E-state index in [-0.39, 0.29) is 18.5 Å². The van der Waals surface area contributed by atoms with Crippen LogP contribution in [0.15, 0.2) is 30.7 Å². The van der Waals surface area contributed by atoms with Crippen molar-refractivity contribution in [2.75, 3.05) is 13.7 Å². The molecule has 162 valence electrons. The van der Waals surface area contributed by atoms with Gasteiger partial charge in [0.25, 0.3) is 5.91 Å². The fourth-order valence-electron chi connectivity index (χ4n) is 3.79. The molecule has 4 rings (SSSR count). The van der Waals surface area contributed by atoms with Crippen molar-refractivity contribution in [2.24, 2.45) is 0 Å². The van der Waals surface area contributed by atoms with Gasteiger partial charge >= 0.3 is 6.03 Å². The largest absolute Gasteiger partial charge is 0.481 e. The summed E-state index contributed by atoms with van der Waals surface area (Å²) in [5.41, 5.74) is -0.394. The van der Waals surface area contributed by atoms with Gasteiger partial charge in [0, 0.05) is 19.0 Å². The van der Waals surface area contributed by atoms with E-state index in [0.29, 0.717) is 17.1 Å². The van der Waals surface area contributed by atoms with Crippen molar-refractivity contribution in [3.05, 3.63) is 36.4 Å². The van der Waals surface area contributed by atoms with Gasteiger partial charge in [-0.15, -0.1) is 0 Å². The highest BCUT2D eigenvalue weighted by molar-refractivity contribution is 6.10. The number of pyridine rings is 1. The zero-order chi connectivity index (χ0) is 22.2. The van der Waals surface area contributed by atoms with Crippen molar-refractivity contribution in [1.82, 2.24) is 25.2 Å². The van der Waals surface area contributed by atoms with E-state index >= 15 is 0 Å². The van der Waals surface area contributed by atoms with E-state index in [1.165, 1.54) is 19.5 Å². The Kier molecular flexibility index (Phi) is 5.11. The van der Waals surface area contributed by atoms with Crippen LogP contribution in [0.5, 0.6) is 5.88 Å². The first-order chi connectivity index (χ1) is 14.7. The average Bonchev–Trinajstić information content (AvgIpc) is 3.00. The van der Waals surface area contributed by atoms with Crippen molar-refractivity contribution in [1.29, 1.82) is 0 Å². The van der Waals surface area contributed by atoms with Gasteiger partial charge in [-0.05, 0) is 25.0 Å². The van der Waals surface area contributed by atoms with Gasteiger partial charge in [0.05, 0.1) is 37.3 Å². The van der Waals surface area contributed by atoms with Crippen LogP contribution in [0.4, 0.5) is 13.6 Å². The highest BCUT2D eigenvalue weighted by Crippen LogP contribution is 2.41. The third-order valence-corrected chi connectivity index (χ3v) is 5.56. The molecular formula is C20H19F2N5O4. The summed E-state index contributed by atoms with van der Waals surface area (Å²) >= 11 is 0. The SMILES string of the molecule is COc1ncccc1-c1cnc(C(=O)CN2C(=O)NC3(CCC(F)(F)CC3)C2=O)cn1. The Morgan fingerprint density at radius 1 is 1.16 bits per heavy atom. The number of carbonyl (C=O) groups excluding carboxylic acids is 3. The molecule has 0 unspecified atom stereocenters. The summed E-state index contributed by atoms with van der Waals surface area (Å²) in [6, 6.07) is 2.67. The number of nitrogens with one attached hydrogen (secondary N) is 1. The maximum atomic E-state index is 13.5. The van der Waals surface area contributed by atoms with Gasteiger partial charge in [-0.25, -0.2) is 23.5 Å². The fraction of sp³-hybridized carbons (Fsp3) is 0.400. The van der Waals surface area contributed by atoms with E-state index in [0.717, 1.165) is 4.90 Å². The highest BCUT2D eigenvalue weighted by atomic mass is 19.3. The smallest absolute Gasteiger partial charge is 0.325 e. The van der Waals surface area contributed by atoms with Crippen LogP contribution in [0.2, 0.25) is 0 Å². The quantitative estimate of drug-likeness (QED) is 0.570. The van der Waals surface area contributed by atoms with Crippen LogP contribution in [0.1, 0.15) is 36.2 Å². The van der Waals surface area contributed by atoms with Gasteiger partial charge in [0.2, 0.25) is 17.6 Å². The number of ether oxygens (including phenoxy) is 1. The second-order valence-electron chi connectivity index (χ2n) is 7.53. The monoisotopic (exact) mass is 431 g/mol. The average molecular weight is 431 g/mol. The second-order valence-corrected chi connectivity index (χ2v) is 7.53. The molecular weight excluding hydrogens is 412 g/mol. The third-order valence-electron chi connectivity index (χ3n) is 5.56. The van der Waals surface area contributed by atoms with Crippen molar-refractivity contribution < 1.29 is 27.9 Å². The van der Waals surface area contributed by atoms with Gasteiger partial charge in [-0.3, -0.25) is 19.5 Å². The number of imide groups is 1. The van der Waals surface area contributed by atoms with E-state index in [9.17, 15) is 23.2 Å². The van der Waals surface area contributed by atoms with Crippen molar-refractivity contribution >= 4 is 17.7 Å². The first-order valence-corrected chi connectivity index (χ1v) is 9.61. The number of aromatic nitrogens is 3. The lowest BCUT2D eigenvalue weighted by Gasteiger charge is -2.34. The lowest BCUT2D eigenvalue weighted by molar-refractivity contribution is -0.135. The lowest BCUT2D eigenvalue weighted by Crippen LogP contribution is -2.51. The number of carbonyl (C=O) groups is 3. The first kappa shape index (κ1) is 20.8. The molecule has 0 bridgehead atoms. The maximum absolute atomic E-state index is 13.5. The van der Waals surface area contributed by atoms with Crippen LogP contribution >= 0.6 is 0 Å². The number of ketones is 1. The molecule has 0 radical (unpaired) electrons. The second kappa shape index (κ2) is 7.64. The van der Waals surface area contributed by atoms with Crippen LogP contribution < -0.4 is 10.1 Å². The fourth-order valence-corrected chi connectivity index (χ4v) is 3.79. The Labute approximate surface area is 175 Å². The minimum Gasteiger partial charge on any atom is -0.481 e. The molecule has 1 N–H and O–H groups in total. The zero-order valence-corrected chi connectivity index (χ0v) is 16.6. The molecule has 3 amide bonds. The minimum atomic E-state index is -2.85. The molecule has 1 saturated carbocycles. The predicted octanol–water partition coefficient (Wildman–Crippen LogP) is 2.23. The number of hydrogen-bond donors (Lipinski definition) is 1.